The quantitative estimate of drug-likeness (QED) is 0.511. The molecular formula is C24H28N8O2. The Hall–Kier alpha value is -4.00. The molecule has 0 saturated heterocycles. The molecule has 4 rings (SSSR count). The van der Waals surface area contributed by atoms with Crippen LogP contribution in [0.1, 0.15) is 59.6 Å². The average Bonchev–Trinajstić information content (AvgIpc) is 3.26. The predicted molar refractivity (Wildman–Crippen MR) is 127 cm³/mol. The van der Waals surface area contributed by atoms with Gasteiger partial charge < -0.3 is 16.0 Å². The van der Waals surface area contributed by atoms with Crippen LogP contribution in [0.4, 0.5) is 5.69 Å². The second-order valence-electron chi connectivity index (χ2n) is 8.70. The van der Waals surface area contributed by atoms with Crippen molar-refractivity contribution in [2.24, 2.45) is 5.92 Å². The molecule has 0 aromatic carbocycles. The largest absolute Gasteiger partial charge is 0.382 e. The molecule has 0 unspecified atom stereocenters. The lowest BCUT2D eigenvalue weighted by atomic mass is 9.85. The van der Waals surface area contributed by atoms with Crippen LogP contribution in [0.2, 0.25) is 0 Å². The number of aromatic nitrogens is 4. The number of rotatable bonds is 6. The number of anilines is 1. The highest BCUT2D eigenvalue weighted by atomic mass is 16.2. The Morgan fingerprint density at radius 3 is 2.68 bits per heavy atom. The molecule has 0 atom stereocenters. The number of carbonyl (C=O) groups excluding carboxylic acids is 2. The van der Waals surface area contributed by atoms with Gasteiger partial charge in [-0.15, -0.1) is 0 Å². The third-order valence-corrected chi connectivity index (χ3v) is 5.89. The summed E-state index contributed by atoms with van der Waals surface area (Å²) in [6.45, 7) is 1.42. The highest BCUT2D eigenvalue weighted by molar-refractivity contribution is 5.99. The Morgan fingerprint density at radius 1 is 1.18 bits per heavy atom. The normalized spacial score (nSPS) is 19.5. The Balaban J connectivity index is 1.49. The zero-order valence-electron chi connectivity index (χ0n) is 22.0. The van der Waals surface area contributed by atoms with E-state index in [0.717, 1.165) is 0 Å². The molecule has 3 aromatic rings. The Bertz CT molecular complexity index is 1350. The molecule has 10 nitrogen and oxygen atoms in total. The van der Waals surface area contributed by atoms with Crippen LogP contribution in [-0.4, -0.2) is 50.6 Å². The lowest BCUT2D eigenvalue weighted by Crippen LogP contribution is -2.40. The van der Waals surface area contributed by atoms with Gasteiger partial charge in [0.15, 0.2) is 11.5 Å². The molecule has 34 heavy (non-hydrogen) atoms. The van der Waals surface area contributed by atoms with Crippen LogP contribution >= 0.6 is 0 Å². The van der Waals surface area contributed by atoms with Gasteiger partial charge in [-0.25, -0.2) is 9.97 Å². The van der Waals surface area contributed by atoms with E-state index in [9.17, 15) is 9.59 Å². The Labute approximate surface area is 202 Å². The molecule has 0 radical (unpaired) electrons. The van der Waals surface area contributed by atoms with E-state index in [-0.39, 0.29) is 23.9 Å². The van der Waals surface area contributed by atoms with Gasteiger partial charge >= 0.3 is 0 Å². The molecule has 3 aromatic heterocycles. The van der Waals surface area contributed by atoms with E-state index in [1.807, 2.05) is 13.8 Å². The van der Waals surface area contributed by atoms with Gasteiger partial charge in [-0.1, -0.05) is 0 Å². The molecule has 0 aliphatic heterocycles. The summed E-state index contributed by atoms with van der Waals surface area (Å²) in [5, 5.41) is 22.5. The van der Waals surface area contributed by atoms with Crippen molar-refractivity contribution in [3.63, 3.8) is 0 Å². The van der Waals surface area contributed by atoms with Gasteiger partial charge in [0, 0.05) is 52.9 Å². The lowest BCUT2D eigenvalue weighted by Gasteiger charge is -2.28. The van der Waals surface area contributed by atoms with E-state index in [2.05, 4.69) is 37.1 Å². The number of nitrogens with zero attached hydrogens (tertiary/aromatic N) is 5. The third kappa shape index (κ3) is 4.83. The lowest BCUT2D eigenvalue weighted by molar-refractivity contribution is -0.125. The zero-order chi connectivity index (χ0) is 26.7. The Kier molecular flexibility index (Phi) is 5.65. The molecule has 0 bridgehead atoms. The molecule has 0 spiro atoms. The van der Waals surface area contributed by atoms with Crippen molar-refractivity contribution in [2.75, 3.05) is 12.3 Å². The van der Waals surface area contributed by atoms with Gasteiger partial charge in [-0.2, -0.15) is 15.0 Å². The first-order valence-corrected chi connectivity index (χ1v) is 11.2. The van der Waals surface area contributed by atoms with E-state index in [1.165, 1.54) is 12.4 Å². The summed E-state index contributed by atoms with van der Waals surface area (Å²) in [5.74, 6) is -0.681. The van der Waals surface area contributed by atoms with Crippen molar-refractivity contribution in [2.45, 2.75) is 51.6 Å². The minimum absolute atomic E-state index is 0.0413. The number of nitrogens with one attached hydrogen (secondary N) is 3. The molecule has 2 amide bonds. The van der Waals surface area contributed by atoms with Gasteiger partial charge in [-0.05, 0) is 45.6 Å². The standard InChI is InChI=1S/C24H28N8O2/c1-14(2)30-20-9-21(32-22-17(12-29-32)8-15(10-25)11-28-22)27-13-19(20)24(34)31-18-6-4-16(5-7-18)23(33)26-3/h8-9,11-14,16,18H,4-7H2,1-3H3,(H,26,33)(H,27,30)(H,31,34)/t16-,18-/i3D3. The number of hydrogen-bond donors (Lipinski definition) is 3. The summed E-state index contributed by atoms with van der Waals surface area (Å²) in [6.07, 6.45) is 6.69. The van der Waals surface area contributed by atoms with E-state index in [0.29, 0.717) is 59.3 Å². The fourth-order valence-electron chi connectivity index (χ4n) is 4.19. The van der Waals surface area contributed by atoms with Gasteiger partial charge in [-0.3, -0.25) is 9.59 Å². The fourth-order valence-corrected chi connectivity index (χ4v) is 4.19. The van der Waals surface area contributed by atoms with Crippen LogP contribution in [-0.2, 0) is 4.79 Å². The molecule has 3 heterocycles. The van der Waals surface area contributed by atoms with Gasteiger partial charge in [0.25, 0.3) is 5.91 Å². The minimum atomic E-state index is -2.50. The van der Waals surface area contributed by atoms with Crippen molar-refractivity contribution in [3.8, 4) is 11.9 Å². The van der Waals surface area contributed by atoms with Crippen LogP contribution in [0.15, 0.2) is 30.7 Å². The topological polar surface area (TPSA) is 138 Å². The monoisotopic (exact) mass is 463 g/mol. The summed E-state index contributed by atoms with van der Waals surface area (Å²) in [4.78, 5) is 34.1. The van der Waals surface area contributed by atoms with Crippen LogP contribution in [0.25, 0.3) is 16.9 Å². The van der Waals surface area contributed by atoms with Gasteiger partial charge in [0.05, 0.1) is 23.0 Å². The molecule has 10 heteroatoms. The molecule has 1 aliphatic carbocycles. The number of pyridine rings is 2. The highest BCUT2D eigenvalue weighted by Gasteiger charge is 2.27. The molecule has 1 aliphatic rings. The van der Waals surface area contributed by atoms with Crippen LogP contribution in [0.5, 0.6) is 0 Å². The summed E-state index contributed by atoms with van der Waals surface area (Å²) in [6, 6.07) is 5.39. The van der Waals surface area contributed by atoms with Gasteiger partial charge in [0.1, 0.15) is 6.07 Å². The maximum absolute atomic E-state index is 13.2. The maximum atomic E-state index is 13.2. The first-order chi connectivity index (χ1) is 17.5. The molecule has 176 valence electrons. The SMILES string of the molecule is [2H]C([2H])([2H])NC(=O)[C@H]1CC[C@H](NC(=O)c2cnc(-n3ncc4cc(C#N)cnc43)cc2NC(C)C)CC1. The average molecular weight is 464 g/mol. The molecular weight excluding hydrogens is 432 g/mol. The summed E-state index contributed by atoms with van der Waals surface area (Å²) >= 11 is 0. The third-order valence-electron chi connectivity index (χ3n) is 5.89. The summed E-state index contributed by atoms with van der Waals surface area (Å²) < 4.78 is 23.2. The predicted octanol–water partition coefficient (Wildman–Crippen LogP) is 2.54. The smallest absolute Gasteiger partial charge is 0.255 e. The number of nitriles is 1. The first kappa shape index (κ1) is 19.5. The summed E-state index contributed by atoms with van der Waals surface area (Å²) in [7, 11) is 0. The zero-order valence-corrected chi connectivity index (χ0v) is 19.0. The first-order valence-electron chi connectivity index (χ1n) is 12.7. The van der Waals surface area contributed by atoms with Crippen LogP contribution in [0.3, 0.4) is 0 Å². The van der Waals surface area contributed by atoms with E-state index in [1.54, 1.807) is 23.0 Å². The second kappa shape index (κ2) is 9.87. The number of amides is 2. The number of carbonyl (C=O) groups is 2. The van der Waals surface area contributed by atoms with Crippen molar-refractivity contribution < 1.29 is 13.7 Å². The molecule has 1 saturated carbocycles. The van der Waals surface area contributed by atoms with E-state index in [4.69, 9.17) is 9.37 Å². The molecule has 3 N–H and O–H groups in total. The van der Waals surface area contributed by atoms with Crippen LogP contribution < -0.4 is 16.0 Å². The highest BCUT2D eigenvalue weighted by Crippen LogP contribution is 2.26. The number of hydrogen-bond acceptors (Lipinski definition) is 7. The number of fused-ring (bicyclic) bond motifs is 1. The Morgan fingerprint density at radius 2 is 1.97 bits per heavy atom. The second-order valence-corrected chi connectivity index (χ2v) is 8.70. The van der Waals surface area contributed by atoms with Crippen molar-refractivity contribution in [3.05, 3.63) is 41.9 Å². The van der Waals surface area contributed by atoms with E-state index >= 15 is 0 Å². The minimum Gasteiger partial charge on any atom is -0.382 e. The van der Waals surface area contributed by atoms with Gasteiger partial charge in [0.2, 0.25) is 5.91 Å². The van der Waals surface area contributed by atoms with Crippen molar-refractivity contribution in [1.29, 1.82) is 5.26 Å². The van der Waals surface area contributed by atoms with Crippen molar-refractivity contribution >= 4 is 28.5 Å². The summed E-state index contributed by atoms with van der Waals surface area (Å²) in [5.41, 5.74) is 1.93. The van der Waals surface area contributed by atoms with E-state index < -0.39 is 12.9 Å². The van der Waals surface area contributed by atoms with Crippen LogP contribution in [0, 0.1) is 17.2 Å². The maximum Gasteiger partial charge on any atom is 0.255 e. The molecule has 1 fully saturated rings. The van der Waals surface area contributed by atoms with Crippen molar-refractivity contribution in [1.82, 2.24) is 30.4 Å². The fraction of sp³-hybridized carbons (Fsp3) is 0.417.